The van der Waals surface area contributed by atoms with E-state index in [0.29, 0.717) is 23.7 Å². The van der Waals surface area contributed by atoms with Crippen molar-refractivity contribution in [3.8, 4) is 0 Å². The van der Waals surface area contributed by atoms with Gasteiger partial charge in [-0.15, -0.1) is 0 Å². The van der Waals surface area contributed by atoms with Crippen molar-refractivity contribution < 1.29 is 12.8 Å². The Labute approximate surface area is 165 Å². The summed E-state index contributed by atoms with van der Waals surface area (Å²) in [6.07, 6.45) is 6.41. The highest BCUT2D eigenvalue weighted by molar-refractivity contribution is 7.91. The van der Waals surface area contributed by atoms with Crippen molar-refractivity contribution >= 4 is 34.2 Å². The Hall–Kier alpha value is -1.71. The smallest absolute Gasteiger partial charge is 0.217 e. The summed E-state index contributed by atoms with van der Waals surface area (Å²) < 4.78 is 31.5. The minimum absolute atomic E-state index is 0.0387. The lowest BCUT2D eigenvalue weighted by molar-refractivity contribution is 0.152. The lowest BCUT2D eigenvalue weighted by atomic mass is 10.2. The first-order chi connectivity index (χ1) is 12.9. The van der Waals surface area contributed by atoms with Crippen molar-refractivity contribution in [1.82, 2.24) is 19.7 Å². The van der Waals surface area contributed by atoms with Crippen LogP contribution in [0.1, 0.15) is 43.5 Å². The molecule has 0 spiro atoms. The molecule has 7 nitrogen and oxygen atoms in total. The van der Waals surface area contributed by atoms with E-state index < -0.39 is 9.84 Å². The summed E-state index contributed by atoms with van der Waals surface area (Å²) in [5, 5.41) is 3.19. The molecule has 1 saturated heterocycles. The fourth-order valence-corrected chi connectivity index (χ4v) is 5.19. The topological polar surface area (TPSA) is 84.1 Å². The molecule has 3 rings (SSSR count). The van der Waals surface area contributed by atoms with Gasteiger partial charge in [0.2, 0.25) is 4.77 Å². The lowest BCUT2D eigenvalue weighted by Crippen LogP contribution is -2.38. The Morgan fingerprint density at radius 2 is 2.26 bits per heavy atom. The Balaban J connectivity index is 1.73. The van der Waals surface area contributed by atoms with E-state index in [-0.39, 0.29) is 17.5 Å². The summed E-state index contributed by atoms with van der Waals surface area (Å²) in [6.45, 7) is 5.38. The Morgan fingerprint density at radius 1 is 1.44 bits per heavy atom. The van der Waals surface area contributed by atoms with Gasteiger partial charge in [-0.2, -0.15) is 4.98 Å². The number of aromatic amines is 1. The normalized spacial score (nSPS) is 19.4. The van der Waals surface area contributed by atoms with E-state index in [2.05, 4.69) is 21.9 Å². The van der Waals surface area contributed by atoms with Crippen LogP contribution in [0.2, 0.25) is 0 Å². The molecule has 27 heavy (non-hydrogen) atoms. The molecule has 148 valence electrons. The average molecular weight is 411 g/mol. The van der Waals surface area contributed by atoms with Crippen molar-refractivity contribution in [1.29, 1.82) is 0 Å². The minimum atomic E-state index is -2.92. The van der Waals surface area contributed by atoms with Crippen molar-refractivity contribution in [2.45, 2.75) is 45.8 Å². The van der Waals surface area contributed by atoms with E-state index in [4.69, 9.17) is 16.6 Å². The van der Waals surface area contributed by atoms with Crippen LogP contribution >= 0.6 is 12.2 Å². The summed E-state index contributed by atoms with van der Waals surface area (Å²) in [7, 11) is -2.92. The molecular weight excluding hydrogens is 384 g/mol. The number of aryl methyl sites for hydroxylation is 1. The number of nitrogens with one attached hydrogen (secondary N) is 1. The molecule has 1 fully saturated rings. The van der Waals surface area contributed by atoms with E-state index in [1.54, 1.807) is 4.68 Å². The number of hydrogen-bond acceptors (Lipinski definition) is 6. The standard InChI is InChI=1S/C18H26N4O3S2/c1-3-4-10-21(15-9-11-27(23,24)12-15)13-22-18(26)19-17(20-22)8-7-16-6-5-14(2)25-16/h5-8,15H,3-4,9-13H2,1-2H3,(H,19,20,26). The van der Waals surface area contributed by atoms with Gasteiger partial charge in [0.1, 0.15) is 17.3 Å². The summed E-state index contributed by atoms with van der Waals surface area (Å²) in [5.74, 6) is 2.74. The van der Waals surface area contributed by atoms with Crippen LogP contribution in [-0.2, 0) is 16.5 Å². The molecule has 0 aromatic carbocycles. The highest BCUT2D eigenvalue weighted by Crippen LogP contribution is 2.19. The van der Waals surface area contributed by atoms with Gasteiger partial charge < -0.3 is 4.42 Å². The molecule has 0 amide bonds. The maximum Gasteiger partial charge on any atom is 0.217 e. The van der Waals surface area contributed by atoms with Crippen molar-refractivity contribution in [2.75, 3.05) is 18.1 Å². The second-order valence-corrected chi connectivity index (χ2v) is 9.56. The lowest BCUT2D eigenvalue weighted by Gasteiger charge is -2.27. The zero-order valence-corrected chi connectivity index (χ0v) is 17.4. The zero-order valence-electron chi connectivity index (χ0n) is 15.7. The van der Waals surface area contributed by atoms with Crippen LogP contribution in [-0.4, -0.2) is 52.2 Å². The van der Waals surface area contributed by atoms with E-state index in [9.17, 15) is 8.42 Å². The molecule has 1 unspecified atom stereocenters. The SMILES string of the molecule is CCCCN(Cn1[nH]c(C=Cc2ccc(C)o2)nc1=S)C1CCS(=O)(=O)C1. The van der Waals surface area contributed by atoms with Crippen LogP contribution in [0.15, 0.2) is 16.5 Å². The largest absolute Gasteiger partial charge is 0.462 e. The highest BCUT2D eigenvalue weighted by atomic mass is 32.2. The Kier molecular flexibility index (Phi) is 6.33. The van der Waals surface area contributed by atoms with Crippen LogP contribution in [0.3, 0.4) is 0 Å². The van der Waals surface area contributed by atoms with Crippen LogP contribution in [0, 0.1) is 11.7 Å². The van der Waals surface area contributed by atoms with Crippen LogP contribution in [0.25, 0.3) is 12.2 Å². The second kappa shape index (κ2) is 8.53. The van der Waals surface area contributed by atoms with Gasteiger partial charge in [0.25, 0.3) is 0 Å². The molecular formula is C18H26N4O3S2. The molecule has 1 atom stereocenters. The monoisotopic (exact) mass is 410 g/mol. The summed E-state index contributed by atoms with van der Waals surface area (Å²) in [6, 6.07) is 3.84. The number of furan rings is 1. The Morgan fingerprint density at radius 3 is 2.89 bits per heavy atom. The second-order valence-electron chi connectivity index (χ2n) is 6.97. The maximum atomic E-state index is 11.9. The minimum Gasteiger partial charge on any atom is -0.462 e. The van der Waals surface area contributed by atoms with Crippen LogP contribution < -0.4 is 0 Å². The molecule has 0 saturated carbocycles. The quantitative estimate of drug-likeness (QED) is 0.673. The molecule has 9 heteroatoms. The van der Waals surface area contributed by atoms with Crippen molar-refractivity contribution in [3.05, 3.63) is 34.2 Å². The van der Waals surface area contributed by atoms with Gasteiger partial charge in [-0.1, -0.05) is 13.3 Å². The molecule has 1 aliphatic rings. The number of sulfone groups is 1. The molecule has 2 aromatic heterocycles. The third-order valence-corrected chi connectivity index (χ3v) is 6.77. The number of nitrogens with zero attached hydrogens (tertiary/aromatic N) is 3. The van der Waals surface area contributed by atoms with Gasteiger partial charge in [-0.3, -0.25) is 10.00 Å². The first-order valence-electron chi connectivity index (χ1n) is 9.22. The van der Waals surface area contributed by atoms with Gasteiger partial charge in [0, 0.05) is 12.6 Å². The number of hydrogen-bond donors (Lipinski definition) is 1. The number of H-pyrrole nitrogens is 1. The van der Waals surface area contributed by atoms with Gasteiger partial charge in [0.15, 0.2) is 9.84 Å². The zero-order chi connectivity index (χ0) is 19.4. The molecule has 2 aromatic rings. The molecule has 0 radical (unpaired) electrons. The highest BCUT2D eigenvalue weighted by Gasteiger charge is 2.32. The molecule has 3 heterocycles. The van der Waals surface area contributed by atoms with Gasteiger partial charge in [-0.05, 0) is 56.3 Å². The van der Waals surface area contributed by atoms with E-state index >= 15 is 0 Å². The molecule has 0 bridgehead atoms. The Bertz CT molecular complexity index is 955. The first-order valence-corrected chi connectivity index (χ1v) is 11.4. The maximum absolute atomic E-state index is 11.9. The predicted molar refractivity (Wildman–Crippen MR) is 108 cm³/mol. The molecule has 0 aliphatic carbocycles. The molecule has 1 N–H and O–H groups in total. The third-order valence-electron chi connectivity index (χ3n) is 4.71. The predicted octanol–water partition coefficient (Wildman–Crippen LogP) is 3.26. The fraction of sp³-hybridized carbons (Fsp3) is 0.556. The van der Waals surface area contributed by atoms with E-state index in [0.717, 1.165) is 30.9 Å². The van der Waals surface area contributed by atoms with Crippen molar-refractivity contribution in [3.63, 3.8) is 0 Å². The van der Waals surface area contributed by atoms with Gasteiger partial charge in [0.05, 0.1) is 18.2 Å². The first kappa shape index (κ1) is 20.0. The molecule has 1 aliphatic heterocycles. The van der Waals surface area contributed by atoms with Gasteiger partial charge >= 0.3 is 0 Å². The third kappa shape index (κ3) is 5.40. The summed E-state index contributed by atoms with van der Waals surface area (Å²) in [5.41, 5.74) is 0. The van der Waals surface area contributed by atoms with Crippen LogP contribution in [0.4, 0.5) is 0 Å². The number of aromatic nitrogens is 3. The average Bonchev–Trinajstić information content (AvgIpc) is 3.29. The van der Waals surface area contributed by atoms with Gasteiger partial charge in [-0.25, -0.2) is 13.1 Å². The summed E-state index contributed by atoms with van der Waals surface area (Å²) in [4.78, 5) is 6.57. The van der Waals surface area contributed by atoms with E-state index in [1.807, 2.05) is 31.2 Å². The van der Waals surface area contributed by atoms with Crippen molar-refractivity contribution in [2.24, 2.45) is 0 Å². The fourth-order valence-electron chi connectivity index (χ4n) is 3.22. The number of unbranched alkanes of at least 4 members (excludes halogenated alkanes) is 1. The summed E-state index contributed by atoms with van der Waals surface area (Å²) >= 11 is 5.38. The van der Waals surface area contributed by atoms with E-state index in [1.165, 1.54) is 0 Å². The van der Waals surface area contributed by atoms with Crippen LogP contribution in [0.5, 0.6) is 0 Å². The number of rotatable bonds is 8.